The van der Waals surface area contributed by atoms with Gasteiger partial charge in [-0.3, -0.25) is 9.36 Å². The molecule has 0 radical (unpaired) electrons. The fourth-order valence-corrected chi connectivity index (χ4v) is 2.67. The van der Waals surface area contributed by atoms with Gasteiger partial charge in [0.05, 0.1) is 5.69 Å². The van der Waals surface area contributed by atoms with Crippen LogP contribution in [0.25, 0.3) is 0 Å². The van der Waals surface area contributed by atoms with Crippen LogP contribution in [0.5, 0.6) is 0 Å². The average Bonchev–Trinajstić information content (AvgIpc) is 2.94. The van der Waals surface area contributed by atoms with Crippen molar-refractivity contribution in [1.29, 1.82) is 0 Å². The van der Waals surface area contributed by atoms with Crippen LogP contribution in [-0.4, -0.2) is 32.1 Å². The Morgan fingerprint density at radius 3 is 2.62 bits per heavy atom. The van der Waals surface area contributed by atoms with Crippen LogP contribution < -0.4 is 5.32 Å². The van der Waals surface area contributed by atoms with Gasteiger partial charge in [0, 0.05) is 43.6 Å². The number of hydrogen-bond acceptors (Lipinski definition) is 3. The normalized spacial score (nSPS) is 11.5. The van der Waals surface area contributed by atoms with E-state index in [0.29, 0.717) is 6.04 Å². The fraction of sp³-hybridized carbons (Fsp3) is 0.625. The van der Waals surface area contributed by atoms with Crippen molar-refractivity contribution in [3.8, 4) is 0 Å². The van der Waals surface area contributed by atoms with E-state index in [-0.39, 0.29) is 0 Å². The molecule has 0 fully saturated rings. The number of hydrogen-bond donors (Lipinski definition) is 1. The Morgan fingerprint density at radius 2 is 2.00 bits per heavy atom. The minimum atomic E-state index is 0.533. The van der Waals surface area contributed by atoms with E-state index in [1.165, 1.54) is 17.0 Å². The molecule has 5 nitrogen and oxygen atoms in total. The van der Waals surface area contributed by atoms with Crippen LogP contribution in [0.1, 0.15) is 36.5 Å². The summed E-state index contributed by atoms with van der Waals surface area (Å²) in [6.07, 6.45) is 3.85. The Hall–Kier alpha value is -1.62. The zero-order chi connectivity index (χ0) is 15.4. The molecule has 0 aliphatic rings. The molecule has 116 valence electrons. The molecule has 0 unspecified atom stereocenters. The monoisotopic (exact) mass is 289 g/mol. The number of aryl methyl sites for hydroxylation is 4. The second-order valence-corrected chi connectivity index (χ2v) is 5.93. The molecule has 5 heteroatoms. The molecule has 0 aliphatic heterocycles. The first kappa shape index (κ1) is 15.8. The predicted molar refractivity (Wildman–Crippen MR) is 85.5 cm³/mol. The van der Waals surface area contributed by atoms with Gasteiger partial charge in [-0.2, -0.15) is 10.2 Å². The highest BCUT2D eigenvalue weighted by Gasteiger charge is 2.11. The zero-order valence-corrected chi connectivity index (χ0v) is 13.8. The van der Waals surface area contributed by atoms with Crippen LogP contribution in [0.4, 0.5) is 0 Å². The average molecular weight is 289 g/mol. The molecule has 0 saturated heterocycles. The molecule has 1 N–H and O–H groups in total. The van der Waals surface area contributed by atoms with Gasteiger partial charge in [-0.15, -0.1) is 0 Å². The fourth-order valence-electron chi connectivity index (χ4n) is 2.67. The molecule has 21 heavy (non-hydrogen) atoms. The van der Waals surface area contributed by atoms with Crippen LogP contribution in [0.3, 0.4) is 0 Å². The van der Waals surface area contributed by atoms with E-state index >= 15 is 0 Å². The van der Waals surface area contributed by atoms with E-state index in [1.54, 1.807) is 0 Å². The van der Waals surface area contributed by atoms with Crippen molar-refractivity contribution in [2.45, 2.75) is 53.1 Å². The quantitative estimate of drug-likeness (QED) is 0.848. The summed E-state index contributed by atoms with van der Waals surface area (Å²) in [4.78, 5) is 0. The number of nitrogens with zero attached hydrogens (tertiary/aromatic N) is 4. The highest BCUT2D eigenvalue weighted by molar-refractivity contribution is 5.25. The largest absolute Gasteiger partial charge is 0.314 e. The maximum absolute atomic E-state index is 4.70. The Bertz CT molecular complexity index is 580. The number of rotatable bonds is 7. The minimum Gasteiger partial charge on any atom is -0.314 e. The Morgan fingerprint density at radius 1 is 1.24 bits per heavy atom. The lowest BCUT2D eigenvalue weighted by Crippen LogP contribution is -2.25. The first-order valence-electron chi connectivity index (χ1n) is 7.72. The summed E-state index contributed by atoms with van der Waals surface area (Å²) in [7, 11) is 1.99. The smallest absolute Gasteiger partial charge is 0.0628 e. The molecular formula is C16H27N5. The Balaban J connectivity index is 1.99. The summed E-state index contributed by atoms with van der Waals surface area (Å²) < 4.78 is 4.06. The summed E-state index contributed by atoms with van der Waals surface area (Å²) in [6, 6.07) is 2.60. The molecule has 0 amide bonds. The summed E-state index contributed by atoms with van der Waals surface area (Å²) in [5, 5.41) is 12.4. The third kappa shape index (κ3) is 3.94. The third-order valence-corrected chi connectivity index (χ3v) is 3.96. The van der Waals surface area contributed by atoms with Crippen molar-refractivity contribution in [1.82, 2.24) is 24.9 Å². The van der Waals surface area contributed by atoms with Gasteiger partial charge in [0.2, 0.25) is 0 Å². The molecule has 2 heterocycles. The molecule has 2 aromatic heterocycles. The lowest BCUT2D eigenvalue weighted by atomic mass is 10.1. The van der Waals surface area contributed by atoms with Crippen LogP contribution in [0.15, 0.2) is 12.3 Å². The molecule has 0 saturated carbocycles. The van der Waals surface area contributed by atoms with E-state index < -0.39 is 0 Å². The van der Waals surface area contributed by atoms with Crippen LogP contribution in [0.2, 0.25) is 0 Å². The van der Waals surface area contributed by atoms with Crippen molar-refractivity contribution in [2.75, 3.05) is 6.54 Å². The van der Waals surface area contributed by atoms with E-state index in [1.807, 2.05) is 17.9 Å². The maximum atomic E-state index is 4.70. The molecular weight excluding hydrogens is 262 g/mol. The summed E-state index contributed by atoms with van der Waals surface area (Å²) >= 11 is 0. The van der Waals surface area contributed by atoms with E-state index in [0.717, 1.165) is 31.6 Å². The predicted octanol–water partition coefficient (Wildman–Crippen LogP) is 2.02. The SMILES string of the molecule is Cc1nn(CCc2ccnn2C)c(C)c1CCNC(C)C. The van der Waals surface area contributed by atoms with E-state index in [4.69, 9.17) is 5.10 Å². The van der Waals surface area contributed by atoms with Crippen LogP contribution >= 0.6 is 0 Å². The molecule has 0 atom stereocenters. The van der Waals surface area contributed by atoms with E-state index in [9.17, 15) is 0 Å². The molecule has 2 rings (SSSR count). The molecule has 0 aromatic carbocycles. The first-order chi connectivity index (χ1) is 9.99. The summed E-state index contributed by atoms with van der Waals surface area (Å²) in [5.41, 5.74) is 5.07. The molecule has 0 aliphatic carbocycles. The van der Waals surface area contributed by atoms with Gasteiger partial charge < -0.3 is 5.32 Å². The lowest BCUT2D eigenvalue weighted by molar-refractivity contribution is 0.568. The molecule has 0 bridgehead atoms. The number of nitrogens with one attached hydrogen (secondary N) is 1. The van der Waals surface area contributed by atoms with Gasteiger partial charge in [-0.25, -0.2) is 0 Å². The van der Waals surface area contributed by atoms with Crippen molar-refractivity contribution < 1.29 is 0 Å². The molecule has 2 aromatic rings. The van der Waals surface area contributed by atoms with Gasteiger partial charge in [0.15, 0.2) is 0 Å². The van der Waals surface area contributed by atoms with Crippen LogP contribution in [0, 0.1) is 13.8 Å². The Labute approximate surface area is 127 Å². The summed E-state index contributed by atoms with van der Waals surface area (Å²) in [6.45, 7) is 10.6. The lowest BCUT2D eigenvalue weighted by Gasteiger charge is -2.09. The Kier molecular flexibility index (Phi) is 5.17. The first-order valence-corrected chi connectivity index (χ1v) is 7.72. The van der Waals surface area contributed by atoms with Gasteiger partial charge in [0.1, 0.15) is 0 Å². The summed E-state index contributed by atoms with van der Waals surface area (Å²) in [5.74, 6) is 0. The second kappa shape index (κ2) is 6.89. The third-order valence-electron chi connectivity index (χ3n) is 3.96. The van der Waals surface area contributed by atoms with Crippen LogP contribution in [-0.2, 0) is 26.4 Å². The van der Waals surface area contributed by atoms with Crippen molar-refractivity contribution in [3.63, 3.8) is 0 Å². The highest BCUT2D eigenvalue weighted by atomic mass is 15.3. The number of aromatic nitrogens is 4. The highest BCUT2D eigenvalue weighted by Crippen LogP contribution is 2.14. The molecule has 0 spiro atoms. The van der Waals surface area contributed by atoms with Gasteiger partial charge >= 0.3 is 0 Å². The van der Waals surface area contributed by atoms with Gasteiger partial charge in [-0.1, -0.05) is 13.8 Å². The maximum Gasteiger partial charge on any atom is 0.0628 e. The zero-order valence-electron chi connectivity index (χ0n) is 13.8. The standard InChI is InChI=1S/C16H27N5/c1-12(2)17-9-7-16-13(3)19-21(14(16)4)11-8-15-6-10-18-20(15)5/h6,10,12,17H,7-9,11H2,1-5H3. The minimum absolute atomic E-state index is 0.533. The second-order valence-electron chi connectivity index (χ2n) is 5.93. The van der Waals surface area contributed by atoms with E-state index in [2.05, 4.69) is 48.9 Å². The van der Waals surface area contributed by atoms with Gasteiger partial charge in [0.25, 0.3) is 0 Å². The van der Waals surface area contributed by atoms with Gasteiger partial charge in [-0.05, 0) is 38.4 Å². The van der Waals surface area contributed by atoms with Crippen molar-refractivity contribution in [2.24, 2.45) is 7.05 Å². The van der Waals surface area contributed by atoms with Crippen molar-refractivity contribution >= 4 is 0 Å². The van der Waals surface area contributed by atoms with Crippen molar-refractivity contribution in [3.05, 3.63) is 34.9 Å². The topological polar surface area (TPSA) is 47.7 Å².